The molecule has 1 fully saturated rings. The number of thiazole rings is 1. The Kier molecular flexibility index (Phi) is 5.26. The Morgan fingerprint density at radius 1 is 1.00 bits per heavy atom. The second-order valence-corrected chi connectivity index (χ2v) is 8.96. The summed E-state index contributed by atoms with van der Waals surface area (Å²) in [5, 5.41) is 5.57. The molecule has 1 aliphatic rings. The van der Waals surface area contributed by atoms with Gasteiger partial charge in [-0.2, -0.15) is 0 Å². The van der Waals surface area contributed by atoms with Gasteiger partial charge in [0.25, 0.3) is 0 Å². The van der Waals surface area contributed by atoms with E-state index < -0.39 is 0 Å². The zero-order chi connectivity index (χ0) is 19.6. The lowest BCUT2D eigenvalue weighted by Crippen LogP contribution is -2.31. The molecule has 1 saturated heterocycles. The van der Waals surface area contributed by atoms with Gasteiger partial charge in [0.05, 0.1) is 16.6 Å². The fourth-order valence-corrected chi connectivity index (χ4v) is 5.51. The van der Waals surface area contributed by atoms with Gasteiger partial charge in [0.2, 0.25) is 0 Å². The average Bonchev–Trinajstić information content (AvgIpc) is 3.34. The van der Waals surface area contributed by atoms with Crippen molar-refractivity contribution in [2.24, 2.45) is 0 Å². The molecule has 148 valence electrons. The minimum atomic E-state index is 0.845. The first-order chi connectivity index (χ1) is 14.3. The molecular formula is C22H23N5S2. The van der Waals surface area contributed by atoms with Gasteiger partial charge in [-0.15, -0.1) is 22.7 Å². The SMILES string of the molecule is Cc1nc(N2CCCN(Cc3cscn3)CC2)c2c(-c3ccccc3)csc2n1. The fourth-order valence-electron chi connectivity index (χ4n) is 3.97. The van der Waals surface area contributed by atoms with Crippen LogP contribution in [-0.2, 0) is 6.54 Å². The van der Waals surface area contributed by atoms with E-state index in [0.29, 0.717) is 0 Å². The maximum Gasteiger partial charge on any atom is 0.141 e. The molecule has 0 amide bonds. The van der Waals surface area contributed by atoms with Crippen LogP contribution >= 0.6 is 22.7 Å². The van der Waals surface area contributed by atoms with Gasteiger partial charge in [-0.1, -0.05) is 30.3 Å². The minimum Gasteiger partial charge on any atom is -0.355 e. The summed E-state index contributed by atoms with van der Waals surface area (Å²) in [6, 6.07) is 10.6. The van der Waals surface area contributed by atoms with Crippen molar-refractivity contribution in [3.8, 4) is 11.1 Å². The number of benzene rings is 1. The summed E-state index contributed by atoms with van der Waals surface area (Å²) in [5.41, 5.74) is 5.56. The van der Waals surface area contributed by atoms with Crippen LogP contribution < -0.4 is 4.90 Å². The van der Waals surface area contributed by atoms with E-state index in [9.17, 15) is 0 Å². The third-order valence-corrected chi connectivity index (χ3v) is 6.88. The van der Waals surface area contributed by atoms with E-state index >= 15 is 0 Å². The van der Waals surface area contributed by atoms with Gasteiger partial charge in [-0.05, 0) is 18.9 Å². The Morgan fingerprint density at radius 2 is 1.90 bits per heavy atom. The minimum absolute atomic E-state index is 0.845. The van der Waals surface area contributed by atoms with Crippen LogP contribution in [0.4, 0.5) is 5.82 Å². The van der Waals surface area contributed by atoms with Crippen molar-refractivity contribution < 1.29 is 0 Å². The first-order valence-corrected chi connectivity index (χ1v) is 11.8. The Hall–Kier alpha value is -2.35. The zero-order valence-corrected chi connectivity index (χ0v) is 18.0. The van der Waals surface area contributed by atoms with Crippen molar-refractivity contribution in [1.82, 2.24) is 19.9 Å². The molecule has 0 atom stereocenters. The molecular weight excluding hydrogens is 398 g/mol. The van der Waals surface area contributed by atoms with E-state index in [1.54, 1.807) is 22.7 Å². The molecule has 5 nitrogen and oxygen atoms in total. The third-order valence-electron chi connectivity index (χ3n) is 5.37. The number of rotatable bonds is 4. The molecule has 0 aliphatic carbocycles. The van der Waals surface area contributed by atoms with Crippen LogP contribution in [0, 0.1) is 6.92 Å². The Bertz CT molecular complexity index is 1090. The van der Waals surface area contributed by atoms with E-state index in [-0.39, 0.29) is 0 Å². The number of aromatic nitrogens is 3. The number of anilines is 1. The Morgan fingerprint density at radius 3 is 2.72 bits per heavy atom. The maximum atomic E-state index is 4.92. The highest BCUT2D eigenvalue weighted by Crippen LogP contribution is 2.38. The molecule has 0 radical (unpaired) electrons. The zero-order valence-electron chi connectivity index (χ0n) is 16.4. The molecule has 0 bridgehead atoms. The van der Waals surface area contributed by atoms with Gasteiger partial charge in [-0.3, -0.25) is 4.90 Å². The van der Waals surface area contributed by atoms with E-state index in [1.807, 2.05) is 12.4 Å². The second kappa shape index (κ2) is 8.18. The van der Waals surface area contributed by atoms with Gasteiger partial charge in [0.15, 0.2) is 0 Å². The topological polar surface area (TPSA) is 45.2 Å². The van der Waals surface area contributed by atoms with Crippen LogP contribution in [0.3, 0.4) is 0 Å². The summed E-state index contributed by atoms with van der Waals surface area (Å²) in [5.74, 6) is 1.93. The smallest absolute Gasteiger partial charge is 0.141 e. The molecule has 7 heteroatoms. The molecule has 4 heterocycles. The summed E-state index contributed by atoms with van der Waals surface area (Å²) in [6.07, 6.45) is 1.12. The van der Waals surface area contributed by atoms with Gasteiger partial charge in [-0.25, -0.2) is 15.0 Å². The van der Waals surface area contributed by atoms with E-state index in [4.69, 9.17) is 9.97 Å². The van der Waals surface area contributed by atoms with Crippen molar-refractivity contribution in [3.05, 3.63) is 58.1 Å². The van der Waals surface area contributed by atoms with E-state index in [0.717, 1.165) is 55.6 Å². The van der Waals surface area contributed by atoms with Gasteiger partial charge < -0.3 is 4.90 Å². The predicted octanol–water partition coefficient (Wildman–Crippen LogP) is 4.84. The summed E-state index contributed by atoms with van der Waals surface area (Å²) in [4.78, 5) is 20.1. The van der Waals surface area contributed by atoms with E-state index in [2.05, 4.69) is 55.9 Å². The molecule has 0 saturated carbocycles. The van der Waals surface area contributed by atoms with Crippen LogP contribution in [-0.4, -0.2) is 46.0 Å². The summed E-state index contributed by atoms with van der Waals surface area (Å²) < 4.78 is 0. The lowest BCUT2D eigenvalue weighted by atomic mass is 10.1. The number of thiophene rings is 1. The molecule has 4 aromatic rings. The van der Waals surface area contributed by atoms with Gasteiger partial charge in [0.1, 0.15) is 16.5 Å². The molecule has 0 unspecified atom stereocenters. The van der Waals surface area contributed by atoms with Crippen molar-refractivity contribution in [1.29, 1.82) is 0 Å². The highest BCUT2D eigenvalue weighted by atomic mass is 32.1. The monoisotopic (exact) mass is 421 g/mol. The average molecular weight is 422 g/mol. The van der Waals surface area contributed by atoms with Crippen LogP contribution in [0.2, 0.25) is 0 Å². The summed E-state index contributed by atoms with van der Waals surface area (Å²) in [7, 11) is 0. The van der Waals surface area contributed by atoms with Gasteiger partial charge >= 0.3 is 0 Å². The standard InChI is InChI=1S/C22H23N5S2/c1-16-24-21(20-19(14-29-22(20)25-16)17-6-3-2-4-7-17)27-9-5-8-26(10-11-27)12-18-13-28-15-23-18/h2-4,6-7,13-15H,5,8-12H2,1H3. The van der Waals surface area contributed by atoms with Crippen LogP contribution in [0.15, 0.2) is 46.6 Å². The molecule has 5 rings (SSSR count). The van der Waals surface area contributed by atoms with Crippen molar-refractivity contribution >= 4 is 38.7 Å². The summed E-state index contributed by atoms with van der Waals surface area (Å²) in [6.45, 7) is 7.03. The number of fused-ring (bicyclic) bond motifs is 1. The second-order valence-electron chi connectivity index (χ2n) is 7.39. The number of nitrogens with zero attached hydrogens (tertiary/aromatic N) is 5. The molecule has 29 heavy (non-hydrogen) atoms. The third kappa shape index (κ3) is 3.90. The largest absolute Gasteiger partial charge is 0.355 e. The van der Waals surface area contributed by atoms with Crippen LogP contribution in [0.1, 0.15) is 17.9 Å². The lowest BCUT2D eigenvalue weighted by Gasteiger charge is -2.24. The van der Waals surface area contributed by atoms with Crippen LogP contribution in [0.25, 0.3) is 21.3 Å². The lowest BCUT2D eigenvalue weighted by molar-refractivity contribution is 0.282. The first-order valence-electron chi connectivity index (χ1n) is 9.93. The number of hydrogen-bond acceptors (Lipinski definition) is 7. The first kappa shape index (κ1) is 18.7. The molecule has 3 aromatic heterocycles. The fraction of sp³-hybridized carbons (Fsp3) is 0.318. The quantitative estimate of drug-likeness (QED) is 0.472. The molecule has 0 spiro atoms. The molecule has 0 N–H and O–H groups in total. The Labute approximate surface area is 178 Å². The molecule has 1 aromatic carbocycles. The highest BCUT2D eigenvalue weighted by Gasteiger charge is 2.22. The van der Waals surface area contributed by atoms with Crippen molar-refractivity contribution in [2.45, 2.75) is 19.9 Å². The number of hydrogen-bond donors (Lipinski definition) is 0. The predicted molar refractivity (Wildman–Crippen MR) is 122 cm³/mol. The summed E-state index contributed by atoms with van der Waals surface area (Å²) >= 11 is 3.38. The van der Waals surface area contributed by atoms with Crippen molar-refractivity contribution in [2.75, 3.05) is 31.1 Å². The van der Waals surface area contributed by atoms with Crippen molar-refractivity contribution in [3.63, 3.8) is 0 Å². The highest BCUT2D eigenvalue weighted by molar-refractivity contribution is 7.17. The number of aryl methyl sites for hydroxylation is 1. The normalized spacial score (nSPS) is 15.7. The maximum absolute atomic E-state index is 4.92. The Balaban J connectivity index is 1.47. The van der Waals surface area contributed by atoms with Gasteiger partial charge in [0, 0.05) is 49.0 Å². The van der Waals surface area contributed by atoms with Crippen LogP contribution in [0.5, 0.6) is 0 Å². The van der Waals surface area contributed by atoms with E-state index in [1.165, 1.54) is 22.2 Å². The molecule has 1 aliphatic heterocycles.